The summed E-state index contributed by atoms with van der Waals surface area (Å²) in [6, 6.07) is 9.89. The SMILES string of the molecule is COc1ccc(-c2cnc3c(Nc4ccc(C(=O)NCCN5CCNCC5)c(Cl)c4)nccn23)cc1F. The van der Waals surface area contributed by atoms with Crippen molar-refractivity contribution in [1.29, 1.82) is 0 Å². The predicted octanol–water partition coefficient (Wildman–Crippen LogP) is 3.58. The Balaban J connectivity index is 1.29. The number of rotatable bonds is 8. The standard InChI is InChI=1S/C26H27ClFN7O2/c1-37-23-5-2-17(14-21(23)28)22-16-32-25-24(30-9-13-35(22)25)33-18-3-4-19(20(27)15-18)26(36)31-8-12-34-10-6-29-7-11-34/h2-5,9,13-16,29H,6-8,10-12H2,1H3,(H,30,33)(H,31,36). The Morgan fingerprint density at radius 3 is 2.78 bits per heavy atom. The van der Waals surface area contributed by atoms with Gasteiger partial charge >= 0.3 is 0 Å². The van der Waals surface area contributed by atoms with E-state index in [2.05, 4.69) is 30.8 Å². The molecule has 3 heterocycles. The number of imidazole rings is 1. The third-order valence-corrected chi connectivity index (χ3v) is 6.59. The van der Waals surface area contributed by atoms with Crippen LogP contribution in [0.4, 0.5) is 15.9 Å². The molecule has 192 valence electrons. The third kappa shape index (κ3) is 5.51. The molecule has 1 aliphatic rings. The van der Waals surface area contributed by atoms with Gasteiger partial charge in [0.1, 0.15) is 0 Å². The summed E-state index contributed by atoms with van der Waals surface area (Å²) in [5.41, 5.74) is 2.97. The minimum Gasteiger partial charge on any atom is -0.494 e. The fourth-order valence-corrected chi connectivity index (χ4v) is 4.58. The summed E-state index contributed by atoms with van der Waals surface area (Å²) in [5.74, 6) is 0.00336. The molecule has 0 aliphatic carbocycles. The Kier molecular flexibility index (Phi) is 7.50. The lowest BCUT2D eigenvalue weighted by atomic mass is 10.1. The summed E-state index contributed by atoms with van der Waals surface area (Å²) in [7, 11) is 1.43. The van der Waals surface area contributed by atoms with E-state index < -0.39 is 5.82 Å². The maximum Gasteiger partial charge on any atom is 0.252 e. The van der Waals surface area contributed by atoms with Crippen LogP contribution in [0.1, 0.15) is 10.4 Å². The first-order valence-electron chi connectivity index (χ1n) is 12.0. The fourth-order valence-electron chi connectivity index (χ4n) is 4.32. The number of hydrogen-bond donors (Lipinski definition) is 3. The van der Waals surface area contributed by atoms with Gasteiger partial charge < -0.3 is 20.7 Å². The monoisotopic (exact) mass is 523 g/mol. The highest BCUT2D eigenvalue weighted by atomic mass is 35.5. The number of methoxy groups -OCH3 is 1. The van der Waals surface area contributed by atoms with Crippen molar-refractivity contribution in [1.82, 2.24) is 29.9 Å². The van der Waals surface area contributed by atoms with Crippen molar-refractivity contribution < 1.29 is 13.9 Å². The number of carbonyl (C=O) groups excluding carboxylic acids is 1. The molecule has 3 N–H and O–H groups in total. The van der Waals surface area contributed by atoms with Crippen LogP contribution in [-0.4, -0.2) is 71.6 Å². The number of ether oxygens (including phenoxy) is 1. The number of fused-ring (bicyclic) bond motifs is 1. The second kappa shape index (κ2) is 11.1. The molecule has 1 amide bonds. The number of aromatic nitrogens is 3. The van der Waals surface area contributed by atoms with Crippen LogP contribution in [0.5, 0.6) is 5.75 Å². The van der Waals surface area contributed by atoms with Crippen LogP contribution in [0.15, 0.2) is 55.0 Å². The number of hydrogen-bond acceptors (Lipinski definition) is 7. The van der Waals surface area contributed by atoms with E-state index in [4.69, 9.17) is 16.3 Å². The van der Waals surface area contributed by atoms with Gasteiger partial charge in [-0.05, 0) is 36.4 Å². The van der Waals surface area contributed by atoms with Gasteiger partial charge in [-0.1, -0.05) is 11.6 Å². The number of nitrogens with zero attached hydrogens (tertiary/aromatic N) is 4. The maximum atomic E-state index is 14.3. The molecule has 0 saturated carbocycles. The van der Waals surface area contributed by atoms with Crippen LogP contribution < -0.4 is 20.7 Å². The van der Waals surface area contributed by atoms with Gasteiger partial charge in [0.05, 0.1) is 29.6 Å². The van der Waals surface area contributed by atoms with Gasteiger partial charge in [-0.25, -0.2) is 14.4 Å². The minimum atomic E-state index is -0.454. The van der Waals surface area contributed by atoms with Gasteiger partial charge in [0.2, 0.25) is 0 Å². The zero-order chi connectivity index (χ0) is 25.8. The number of anilines is 2. The second-order valence-electron chi connectivity index (χ2n) is 8.63. The van der Waals surface area contributed by atoms with Crippen LogP contribution in [0.3, 0.4) is 0 Å². The molecule has 37 heavy (non-hydrogen) atoms. The number of nitrogens with one attached hydrogen (secondary N) is 3. The average Bonchev–Trinajstić information content (AvgIpc) is 3.34. The molecule has 0 radical (unpaired) electrons. The van der Waals surface area contributed by atoms with Gasteiger partial charge in [-0.3, -0.25) is 14.1 Å². The van der Waals surface area contributed by atoms with Crippen LogP contribution in [-0.2, 0) is 0 Å². The highest BCUT2D eigenvalue weighted by Crippen LogP contribution is 2.29. The highest BCUT2D eigenvalue weighted by Gasteiger charge is 2.15. The highest BCUT2D eigenvalue weighted by molar-refractivity contribution is 6.34. The topological polar surface area (TPSA) is 95.8 Å². The molecule has 9 nitrogen and oxygen atoms in total. The summed E-state index contributed by atoms with van der Waals surface area (Å²) in [6.07, 6.45) is 5.04. The summed E-state index contributed by atoms with van der Waals surface area (Å²) < 4.78 is 21.1. The Morgan fingerprint density at radius 1 is 1.19 bits per heavy atom. The largest absolute Gasteiger partial charge is 0.494 e. The first-order valence-corrected chi connectivity index (χ1v) is 12.3. The van der Waals surface area contributed by atoms with Crippen molar-refractivity contribution in [3.8, 4) is 17.0 Å². The number of piperazine rings is 1. The Bertz CT molecular complexity index is 1420. The number of halogens is 2. The molecular formula is C26H27ClFN7O2. The van der Waals surface area contributed by atoms with Gasteiger partial charge in [0.25, 0.3) is 5.91 Å². The Morgan fingerprint density at radius 2 is 2.03 bits per heavy atom. The van der Waals surface area contributed by atoms with E-state index in [1.807, 2.05) is 4.40 Å². The fraction of sp³-hybridized carbons (Fsp3) is 0.269. The molecule has 0 atom stereocenters. The smallest absolute Gasteiger partial charge is 0.252 e. The maximum absolute atomic E-state index is 14.3. The van der Waals surface area contributed by atoms with Crippen LogP contribution in [0.25, 0.3) is 16.9 Å². The van der Waals surface area contributed by atoms with Crippen molar-refractivity contribution in [2.24, 2.45) is 0 Å². The lowest BCUT2D eigenvalue weighted by Gasteiger charge is -2.27. The molecule has 0 spiro atoms. The molecule has 11 heteroatoms. The molecule has 1 aliphatic heterocycles. The summed E-state index contributed by atoms with van der Waals surface area (Å²) in [4.78, 5) is 23.8. The van der Waals surface area contributed by atoms with Crippen LogP contribution >= 0.6 is 11.6 Å². The molecular weight excluding hydrogens is 497 g/mol. The molecule has 2 aromatic heterocycles. The zero-order valence-corrected chi connectivity index (χ0v) is 21.1. The van der Waals surface area contributed by atoms with Crippen molar-refractivity contribution in [3.63, 3.8) is 0 Å². The van der Waals surface area contributed by atoms with Gasteiger partial charge in [-0.2, -0.15) is 0 Å². The molecule has 1 saturated heterocycles. The van der Waals surface area contributed by atoms with Gasteiger partial charge in [0.15, 0.2) is 23.0 Å². The summed E-state index contributed by atoms with van der Waals surface area (Å²) in [5, 5.41) is 9.80. The quantitative estimate of drug-likeness (QED) is 0.325. The summed E-state index contributed by atoms with van der Waals surface area (Å²) in [6.45, 7) is 5.25. The van der Waals surface area contributed by atoms with Crippen molar-refractivity contribution >= 4 is 34.7 Å². The van der Waals surface area contributed by atoms with E-state index in [-0.39, 0.29) is 11.7 Å². The first kappa shape index (κ1) is 24.9. The van der Waals surface area contributed by atoms with E-state index in [1.165, 1.54) is 13.2 Å². The van der Waals surface area contributed by atoms with Gasteiger partial charge in [0, 0.05) is 62.9 Å². The van der Waals surface area contributed by atoms with Crippen LogP contribution in [0, 0.1) is 5.82 Å². The Hall–Kier alpha value is -3.73. The minimum absolute atomic E-state index is 0.176. The molecule has 5 rings (SSSR count). The van der Waals surface area contributed by atoms with Crippen molar-refractivity contribution in [2.75, 3.05) is 51.7 Å². The number of amides is 1. The third-order valence-electron chi connectivity index (χ3n) is 6.28. The summed E-state index contributed by atoms with van der Waals surface area (Å²) >= 11 is 6.45. The first-order chi connectivity index (χ1) is 18.0. The van der Waals surface area contributed by atoms with Crippen molar-refractivity contribution in [2.45, 2.75) is 0 Å². The van der Waals surface area contributed by atoms with E-state index in [0.29, 0.717) is 45.5 Å². The normalized spacial score (nSPS) is 14.0. The Labute approximate surface area is 218 Å². The van der Waals surface area contributed by atoms with Crippen molar-refractivity contribution in [3.05, 3.63) is 71.4 Å². The molecule has 2 aromatic carbocycles. The van der Waals surface area contributed by atoms with E-state index in [1.54, 1.807) is 48.9 Å². The lowest BCUT2D eigenvalue weighted by molar-refractivity contribution is 0.0947. The molecule has 4 aromatic rings. The molecule has 0 unspecified atom stereocenters. The predicted molar refractivity (Wildman–Crippen MR) is 141 cm³/mol. The lowest BCUT2D eigenvalue weighted by Crippen LogP contribution is -2.46. The average molecular weight is 524 g/mol. The van der Waals surface area contributed by atoms with Crippen LogP contribution in [0.2, 0.25) is 5.02 Å². The van der Waals surface area contributed by atoms with E-state index in [0.717, 1.165) is 32.7 Å². The molecule has 0 bridgehead atoms. The molecule has 1 fully saturated rings. The van der Waals surface area contributed by atoms with E-state index >= 15 is 0 Å². The number of carbonyl (C=O) groups is 1. The number of benzene rings is 2. The zero-order valence-electron chi connectivity index (χ0n) is 20.3. The second-order valence-corrected chi connectivity index (χ2v) is 9.04. The van der Waals surface area contributed by atoms with E-state index in [9.17, 15) is 9.18 Å². The van der Waals surface area contributed by atoms with Gasteiger partial charge in [-0.15, -0.1) is 0 Å².